The van der Waals surface area contributed by atoms with Crippen molar-refractivity contribution in [2.45, 2.75) is 13.8 Å². The summed E-state index contributed by atoms with van der Waals surface area (Å²) in [6.07, 6.45) is 0. The molecule has 2 rings (SSSR count). The van der Waals surface area contributed by atoms with E-state index in [0.717, 1.165) is 11.1 Å². The number of hydrogen-bond donors (Lipinski definition) is 1. The number of allylic oxidation sites excluding steroid dienone is 2. The van der Waals surface area contributed by atoms with Crippen molar-refractivity contribution < 1.29 is 13.0 Å². The molecular weight excluding hydrogens is 259 g/mol. The summed E-state index contributed by atoms with van der Waals surface area (Å²) in [4.78, 5) is 0.0213. The van der Waals surface area contributed by atoms with Gasteiger partial charge in [0.25, 0.3) is 10.1 Å². The molecule has 0 amide bonds. The molecule has 1 atom stereocenters. The van der Waals surface area contributed by atoms with Crippen molar-refractivity contribution in [3.8, 4) is 0 Å². The van der Waals surface area contributed by atoms with Gasteiger partial charge in [-0.2, -0.15) is 8.42 Å². The molecule has 1 aromatic rings. The van der Waals surface area contributed by atoms with Gasteiger partial charge in [0.2, 0.25) is 0 Å². The monoisotopic (exact) mass is 273 g/mol. The second kappa shape index (κ2) is 5.31. The number of hydrogen-bond acceptors (Lipinski definition) is 2. The predicted molar refractivity (Wildman–Crippen MR) is 74.5 cm³/mol. The SMILES string of the molecule is C=C1c2ccccc2C(S(=O)(=O)O)=C(C)C1C.[Na]. The molecule has 91 valence electrons. The Bertz CT molecular complexity index is 629. The Morgan fingerprint density at radius 1 is 1.22 bits per heavy atom. The summed E-state index contributed by atoms with van der Waals surface area (Å²) in [5.74, 6) is -0.0816. The maximum Gasteiger partial charge on any atom is 0.295 e. The molecule has 1 unspecified atom stereocenters. The fourth-order valence-electron chi connectivity index (χ4n) is 2.21. The largest absolute Gasteiger partial charge is 0.295 e. The number of fused-ring (bicyclic) bond motifs is 1. The van der Waals surface area contributed by atoms with Crippen molar-refractivity contribution in [3.05, 3.63) is 47.5 Å². The van der Waals surface area contributed by atoms with Gasteiger partial charge in [-0.1, -0.05) is 37.8 Å². The Morgan fingerprint density at radius 2 is 1.72 bits per heavy atom. The van der Waals surface area contributed by atoms with E-state index < -0.39 is 10.1 Å². The first-order valence-corrected chi connectivity index (χ1v) is 6.75. The summed E-state index contributed by atoms with van der Waals surface area (Å²) >= 11 is 0. The molecular formula is C13H14NaO3S. The minimum Gasteiger partial charge on any atom is -0.282 e. The number of rotatable bonds is 1. The Balaban J connectivity index is 0.00000162. The van der Waals surface area contributed by atoms with E-state index in [2.05, 4.69) is 6.58 Å². The topological polar surface area (TPSA) is 54.4 Å². The van der Waals surface area contributed by atoms with Gasteiger partial charge in [0.1, 0.15) is 4.91 Å². The second-order valence-corrected chi connectivity index (χ2v) is 5.64. The van der Waals surface area contributed by atoms with E-state index in [4.69, 9.17) is 0 Å². The van der Waals surface area contributed by atoms with E-state index in [9.17, 15) is 13.0 Å². The predicted octanol–water partition coefficient (Wildman–Crippen LogP) is 2.59. The molecule has 0 heterocycles. The van der Waals surface area contributed by atoms with Crippen LogP contribution in [0.1, 0.15) is 25.0 Å². The normalized spacial score (nSPS) is 19.3. The van der Waals surface area contributed by atoms with Crippen LogP contribution in [0.15, 0.2) is 36.4 Å². The molecule has 1 aliphatic carbocycles. The van der Waals surface area contributed by atoms with Gasteiger partial charge in [0.05, 0.1) is 0 Å². The maximum absolute atomic E-state index is 11.5. The average Bonchev–Trinajstić information content (AvgIpc) is 2.24. The molecule has 0 fully saturated rings. The fourth-order valence-corrected chi connectivity index (χ4v) is 3.25. The van der Waals surface area contributed by atoms with Crippen molar-refractivity contribution in [2.24, 2.45) is 5.92 Å². The Labute approximate surface area is 130 Å². The fraction of sp³-hybridized carbons (Fsp3) is 0.231. The summed E-state index contributed by atoms with van der Waals surface area (Å²) in [5, 5.41) is 0. The van der Waals surface area contributed by atoms with Crippen LogP contribution in [-0.4, -0.2) is 42.5 Å². The van der Waals surface area contributed by atoms with Gasteiger partial charge in [0, 0.05) is 41.0 Å². The van der Waals surface area contributed by atoms with Gasteiger partial charge in [-0.15, -0.1) is 0 Å². The molecule has 1 aromatic carbocycles. The summed E-state index contributed by atoms with van der Waals surface area (Å²) in [6, 6.07) is 7.10. The van der Waals surface area contributed by atoms with Crippen molar-refractivity contribution in [1.82, 2.24) is 0 Å². The summed E-state index contributed by atoms with van der Waals surface area (Å²) in [6.45, 7) is 7.60. The van der Waals surface area contributed by atoms with Crippen molar-refractivity contribution in [3.63, 3.8) is 0 Å². The van der Waals surface area contributed by atoms with Crippen LogP contribution in [0.4, 0.5) is 0 Å². The van der Waals surface area contributed by atoms with Crippen LogP contribution in [0.2, 0.25) is 0 Å². The van der Waals surface area contributed by atoms with E-state index in [-0.39, 0.29) is 40.4 Å². The van der Waals surface area contributed by atoms with Crippen LogP contribution in [0, 0.1) is 5.92 Å². The first kappa shape index (κ1) is 15.7. The molecule has 0 spiro atoms. The van der Waals surface area contributed by atoms with Gasteiger partial charge in [-0.05, 0) is 23.6 Å². The summed E-state index contributed by atoms with van der Waals surface area (Å²) < 4.78 is 32.3. The quantitative estimate of drug-likeness (QED) is 0.632. The molecule has 0 aliphatic heterocycles. The molecule has 0 saturated carbocycles. The van der Waals surface area contributed by atoms with Crippen LogP contribution in [-0.2, 0) is 10.1 Å². The Morgan fingerprint density at radius 3 is 2.22 bits per heavy atom. The first-order chi connectivity index (χ1) is 7.84. The molecule has 5 heteroatoms. The standard InChI is InChI=1S/C13H14O3S.Na/c1-8-9(2)11-6-4-5-7-12(11)13(10(8)3)17(14,15)16;/h4-8H,2H2,1,3H3,(H,14,15,16);. The van der Waals surface area contributed by atoms with Crippen LogP contribution < -0.4 is 0 Å². The third kappa shape index (κ3) is 2.49. The smallest absolute Gasteiger partial charge is 0.282 e. The van der Waals surface area contributed by atoms with Gasteiger partial charge in [0.15, 0.2) is 0 Å². The third-order valence-electron chi connectivity index (χ3n) is 3.31. The summed E-state index contributed by atoms with van der Waals surface area (Å²) in [7, 11) is -4.21. The maximum atomic E-state index is 11.5. The first-order valence-electron chi connectivity index (χ1n) is 5.31. The van der Waals surface area contributed by atoms with E-state index >= 15 is 0 Å². The Kier molecular flexibility index (Phi) is 4.62. The molecule has 3 nitrogen and oxygen atoms in total. The van der Waals surface area contributed by atoms with Gasteiger partial charge in [-0.25, -0.2) is 0 Å². The molecule has 0 aromatic heterocycles. The van der Waals surface area contributed by atoms with Gasteiger partial charge >= 0.3 is 0 Å². The van der Waals surface area contributed by atoms with Crippen LogP contribution in [0.3, 0.4) is 0 Å². The van der Waals surface area contributed by atoms with Crippen LogP contribution in [0.25, 0.3) is 10.5 Å². The van der Waals surface area contributed by atoms with Crippen LogP contribution in [0.5, 0.6) is 0 Å². The minimum atomic E-state index is -4.21. The zero-order valence-corrected chi connectivity index (χ0v) is 13.6. The van der Waals surface area contributed by atoms with E-state index in [1.165, 1.54) is 0 Å². The van der Waals surface area contributed by atoms with E-state index in [1.54, 1.807) is 19.1 Å². The number of benzene rings is 1. The Hall–Kier alpha value is -0.390. The molecule has 1 aliphatic rings. The van der Waals surface area contributed by atoms with E-state index in [1.807, 2.05) is 19.1 Å². The minimum absolute atomic E-state index is 0. The molecule has 18 heavy (non-hydrogen) atoms. The zero-order valence-electron chi connectivity index (χ0n) is 10.8. The van der Waals surface area contributed by atoms with Gasteiger partial charge in [-0.3, -0.25) is 4.55 Å². The molecule has 0 bridgehead atoms. The van der Waals surface area contributed by atoms with Gasteiger partial charge < -0.3 is 0 Å². The van der Waals surface area contributed by atoms with Crippen molar-refractivity contribution >= 4 is 50.2 Å². The zero-order chi connectivity index (χ0) is 12.8. The second-order valence-electron chi connectivity index (χ2n) is 4.28. The van der Waals surface area contributed by atoms with Crippen LogP contribution >= 0.6 is 0 Å². The molecule has 1 N–H and O–H groups in total. The van der Waals surface area contributed by atoms with E-state index in [0.29, 0.717) is 11.1 Å². The third-order valence-corrected chi connectivity index (χ3v) is 4.36. The molecule has 1 radical (unpaired) electrons. The molecule has 0 saturated heterocycles. The summed E-state index contributed by atoms with van der Waals surface area (Å²) in [5.41, 5.74) is 2.84. The van der Waals surface area contributed by atoms with Crippen molar-refractivity contribution in [1.29, 1.82) is 0 Å². The average molecular weight is 273 g/mol. The van der Waals surface area contributed by atoms with Crippen molar-refractivity contribution in [2.75, 3.05) is 0 Å².